The highest BCUT2D eigenvalue weighted by atomic mass is 32.2. The number of amides is 1. The number of sulfonamides is 1. The van der Waals surface area contributed by atoms with Crippen LogP contribution in [0.3, 0.4) is 0 Å². The van der Waals surface area contributed by atoms with E-state index in [9.17, 15) is 13.2 Å². The standard InChI is InChI=1S/C24H29N2O5S/c1-2-19-30-21-12-4-5-13-22(21)31-26(17-9-10-18-26)16-8-7-15-25-24(27)20-11-3-6-14-23(20)32(25,28)29/h2-6,11-14H,1,7-10,15-19H2/q+1. The number of fused-ring (bicyclic) bond motifs is 1. The van der Waals surface area contributed by atoms with Crippen molar-refractivity contribution in [2.24, 2.45) is 0 Å². The molecule has 2 aromatic rings. The lowest BCUT2D eigenvalue weighted by Gasteiger charge is -2.32. The van der Waals surface area contributed by atoms with Crippen molar-refractivity contribution in [2.75, 3.05) is 32.8 Å². The minimum Gasteiger partial charge on any atom is -0.485 e. The van der Waals surface area contributed by atoms with Gasteiger partial charge in [0.2, 0.25) is 5.75 Å². The van der Waals surface area contributed by atoms with E-state index in [0.29, 0.717) is 29.2 Å². The van der Waals surface area contributed by atoms with E-state index in [0.717, 1.165) is 43.2 Å². The van der Waals surface area contributed by atoms with Gasteiger partial charge in [0.05, 0.1) is 5.56 Å². The third-order valence-corrected chi connectivity index (χ3v) is 7.81. The van der Waals surface area contributed by atoms with Crippen LogP contribution in [-0.2, 0) is 10.0 Å². The summed E-state index contributed by atoms with van der Waals surface area (Å²) in [7, 11) is -3.75. The molecule has 4 rings (SSSR count). The summed E-state index contributed by atoms with van der Waals surface area (Å²) >= 11 is 0. The van der Waals surface area contributed by atoms with Crippen LogP contribution in [0.25, 0.3) is 0 Å². The number of para-hydroxylation sites is 2. The van der Waals surface area contributed by atoms with Crippen molar-refractivity contribution in [2.45, 2.75) is 30.6 Å². The second-order valence-corrected chi connectivity index (χ2v) is 9.99. The van der Waals surface area contributed by atoms with Crippen molar-refractivity contribution < 1.29 is 27.4 Å². The summed E-state index contributed by atoms with van der Waals surface area (Å²) < 4.78 is 32.7. The molecule has 170 valence electrons. The SMILES string of the molecule is C=CCOc1ccccc1O[N+]1(CCCCN2C(=O)c3ccccc3S2(=O)=O)CCCC1. The molecule has 0 atom stereocenters. The van der Waals surface area contributed by atoms with Crippen LogP contribution in [0.15, 0.2) is 66.1 Å². The highest BCUT2D eigenvalue weighted by molar-refractivity contribution is 7.90. The maximum Gasteiger partial charge on any atom is 0.269 e. The van der Waals surface area contributed by atoms with Gasteiger partial charge in [-0.25, -0.2) is 12.7 Å². The lowest BCUT2D eigenvalue weighted by Crippen LogP contribution is -2.49. The molecule has 0 unspecified atom stereocenters. The maximum absolute atomic E-state index is 12.7. The topological polar surface area (TPSA) is 72.9 Å². The Morgan fingerprint density at radius 2 is 1.69 bits per heavy atom. The average molecular weight is 458 g/mol. The molecule has 7 nitrogen and oxygen atoms in total. The Bertz CT molecular complexity index is 1090. The first kappa shape index (κ1) is 22.4. The van der Waals surface area contributed by atoms with E-state index in [1.807, 2.05) is 24.3 Å². The molecule has 32 heavy (non-hydrogen) atoms. The third kappa shape index (κ3) is 4.38. The van der Waals surface area contributed by atoms with Gasteiger partial charge in [0.25, 0.3) is 15.9 Å². The average Bonchev–Trinajstić information content (AvgIpc) is 3.33. The summed E-state index contributed by atoms with van der Waals surface area (Å²) in [6.45, 7) is 6.80. The number of likely N-dealkylation sites (tertiary alicyclic amines) is 1. The van der Waals surface area contributed by atoms with E-state index in [1.54, 1.807) is 24.3 Å². The normalized spacial score (nSPS) is 18.4. The molecule has 0 aliphatic carbocycles. The number of unbranched alkanes of at least 4 members (excludes halogenated alkanes) is 1. The number of hydroxylamine groups is 3. The first-order valence-corrected chi connectivity index (χ1v) is 12.5. The Balaban J connectivity index is 1.39. The van der Waals surface area contributed by atoms with Crippen LogP contribution in [0.5, 0.6) is 11.5 Å². The number of carbonyl (C=O) groups is 1. The highest BCUT2D eigenvalue weighted by Gasteiger charge is 2.41. The van der Waals surface area contributed by atoms with Crippen LogP contribution < -0.4 is 9.57 Å². The Labute approximate surface area is 189 Å². The zero-order valence-corrected chi connectivity index (χ0v) is 18.9. The third-order valence-electron chi connectivity index (χ3n) is 5.97. The number of quaternary nitrogens is 1. The van der Waals surface area contributed by atoms with E-state index < -0.39 is 15.9 Å². The van der Waals surface area contributed by atoms with Crippen molar-refractivity contribution >= 4 is 15.9 Å². The van der Waals surface area contributed by atoms with Gasteiger partial charge in [-0.05, 0) is 30.7 Å². The molecule has 1 amide bonds. The van der Waals surface area contributed by atoms with Crippen LogP contribution in [0.4, 0.5) is 0 Å². The minimum absolute atomic E-state index is 0.104. The Morgan fingerprint density at radius 3 is 2.41 bits per heavy atom. The largest absolute Gasteiger partial charge is 0.485 e. The summed E-state index contributed by atoms with van der Waals surface area (Å²) in [6.07, 6.45) is 5.17. The first-order valence-electron chi connectivity index (χ1n) is 11.0. The van der Waals surface area contributed by atoms with Gasteiger partial charge in [0.1, 0.15) is 31.1 Å². The van der Waals surface area contributed by atoms with Crippen LogP contribution >= 0.6 is 0 Å². The van der Waals surface area contributed by atoms with Gasteiger partial charge in [-0.15, -0.1) is 4.65 Å². The fourth-order valence-electron chi connectivity index (χ4n) is 4.38. The number of rotatable bonds is 10. The zero-order valence-electron chi connectivity index (χ0n) is 18.1. The molecule has 2 aliphatic heterocycles. The van der Waals surface area contributed by atoms with E-state index in [4.69, 9.17) is 9.57 Å². The van der Waals surface area contributed by atoms with E-state index >= 15 is 0 Å². The van der Waals surface area contributed by atoms with E-state index in [1.165, 1.54) is 6.07 Å². The van der Waals surface area contributed by atoms with Crippen molar-refractivity contribution in [3.63, 3.8) is 0 Å². The summed E-state index contributed by atoms with van der Waals surface area (Å²) in [6, 6.07) is 14.0. The number of ether oxygens (including phenoxy) is 1. The van der Waals surface area contributed by atoms with Gasteiger partial charge < -0.3 is 9.57 Å². The number of hydrogen-bond donors (Lipinski definition) is 0. The van der Waals surface area contributed by atoms with Crippen LogP contribution in [0.2, 0.25) is 0 Å². The summed E-state index contributed by atoms with van der Waals surface area (Å²) in [5, 5.41) is 0. The predicted octanol–water partition coefficient (Wildman–Crippen LogP) is 3.78. The molecular formula is C24H29N2O5S+. The van der Waals surface area contributed by atoms with Crippen molar-refractivity contribution in [3.05, 3.63) is 66.7 Å². The van der Waals surface area contributed by atoms with Crippen LogP contribution in [0.1, 0.15) is 36.0 Å². The maximum atomic E-state index is 12.7. The Kier molecular flexibility index (Phi) is 6.53. The van der Waals surface area contributed by atoms with E-state index in [2.05, 4.69) is 6.58 Å². The molecule has 1 fully saturated rings. The summed E-state index contributed by atoms with van der Waals surface area (Å²) in [5.41, 5.74) is 0.259. The Hall–Kier alpha value is -2.84. The van der Waals surface area contributed by atoms with Gasteiger partial charge in [0, 0.05) is 25.8 Å². The summed E-state index contributed by atoms with van der Waals surface area (Å²) in [5.74, 6) is 0.947. The van der Waals surface area contributed by atoms with Crippen LogP contribution in [-0.4, -0.2) is 56.1 Å². The molecule has 1 saturated heterocycles. The second-order valence-electron chi connectivity index (χ2n) is 8.16. The molecule has 2 aliphatic rings. The molecule has 0 N–H and O–H groups in total. The lowest BCUT2D eigenvalue weighted by molar-refractivity contribution is -1.07. The quantitative estimate of drug-likeness (QED) is 0.308. The molecule has 0 radical (unpaired) electrons. The Morgan fingerprint density at radius 1 is 1.00 bits per heavy atom. The predicted molar refractivity (Wildman–Crippen MR) is 121 cm³/mol. The van der Waals surface area contributed by atoms with Gasteiger partial charge in [0.15, 0.2) is 5.75 Å². The van der Waals surface area contributed by atoms with E-state index in [-0.39, 0.29) is 17.0 Å². The smallest absolute Gasteiger partial charge is 0.269 e. The van der Waals surface area contributed by atoms with Crippen molar-refractivity contribution in [1.82, 2.24) is 4.31 Å². The number of benzene rings is 2. The zero-order chi connectivity index (χ0) is 22.6. The molecule has 2 aromatic carbocycles. The highest BCUT2D eigenvalue weighted by Crippen LogP contribution is 2.33. The van der Waals surface area contributed by atoms with Gasteiger partial charge in [-0.3, -0.25) is 4.79 Å². The molecule has 0 saturated carbocycles. The number of nitrogens with zero attached hydrogens (tertiary/aromatic N) is 2. The van der Waals surface area contributed by atoms with Crippen LogP contribution in [0, 0.1) is 0 Å². The van der Waals surface area contributed by atoms with Gasteiger partial charge >= 0.3 is 0 Å². The van der Waals surface area contributed by atoms with Gasteiger partial charge in [-0.1, -0.05) is 36.9 Å². The minimum atomic E-state index is -3.75. The fourth-order valence-corrected chi connectivity index (χ4v) is 5.99. The summed E-state index contributed by atoms with van der Waals surface area (Å²) in [4.78, 5) is 19.1. The molecule has 2 heterocycles. The first-order chi connectivity index (χ1) is 15.5. The van der Waals surface area contributed by atoms with Gasteiger partial charge in [-0.2, -0.15) is 0 Å². The second kappa shape index (κ2) is 9.34. The fraction of sp³-hybridized carbons (Fsp3) is 0.375. The molecule has 0 bridgehead atoms. The monoisotopic (exact) mass is 457 g/mol. The molecule has 0 spiro atoms. The van der Waals surface area contributed by atoms with Crippen molar-refractivity contribution in [1.29, 1.82) is 0 Å². The number of carbonyl (C=O) groups excluding carboxylic acids is 1. The molecule has 0 aromatic heterocycles. The molecule has 8 heteroatoms. The van der Waals surface area contributed by atoms with Crippen molar-refractivity contribution in [3.8, 4) is 11.5 Å². The lowest BCUT2D eigenvalue weighted by atomic mass is 10.2. The molecular weight excluding hydrogens is 428 g/mol. The number of hydrogen-bond acceptors (Lipinski definition) is 5.